The van der Waals surface area contributed by atoms with Crippen LogP contribution in [0.1, 0.15) is 23.3 Å². The molecule has 4 heteroatoms. The molecule has 1 heterocycles. The molecule has 0 spiro atoms. The molecule has 11 heavy (non-hydrogen) atoms. The Bertz CT molecular complexity index is 272. The maximum atomic E-state index is 10.3. The lowest BCUT2D eigenvalue weighted by Gasteiger charge is -1.85. The van der Waals surface area contributed by atoms with Crippen LogP contribution in [0.2, 0.25) is 0 Å². The van der Waals surface area contributed by atoms with E-state index in [1.54, 1.807) is 6.92 Å². The number of carboxylic acids is 1. The summed E-state index contributed by atoms with van der Waals surface area (Å²) in [5.41, 5.74) is 0.514. The summed E-state index contributed by atoms with van der Waals surface area (Å²) in [6.45, 7) is 5.24. The van der Waals surface area contributed by atoms with Crippen molar-refractivity contribution in [2.24, 2.45) is 0 Å². The summed E-state index contributed by atoms with van der Waals surface area (Å²) in [6.07, 6.45) is 1.09. The first kappa shape index (κ1) is 7.53. The van der Waals surface area contributed by atoms with E-state index >= 15 is 0 Å². The number of hydrogen-bond acceptors (Lipinski definition) is 3. The summed E-state index contributed by atoms with van der Waals surface area (Å²) in [5.74, 6) is -0.830. The highest BCUT2D eigenvalue weighted by atomic mass is 16.4. The molecule has 0 atom stereocenters. The smallest absolute Gasteiger partial charge is 0.357 e. The lowest BCUT2D eigenvalue weighted by Crippen LogP contribution is -1.95. The minimum absolute atomic E-state index is 0.0944. The van der Waals surface area contributed by atoms with Gasteiger partial charge in [-0.3, -0.25) is 0 Å². The number of aromatic nitrogens is 1. The van der Waals surface area contributed by atoms with Gasteiger partial charge in [0.15, 0.2) is 5.69 Å². The molecule has 0 aromatic carbocycles. The molecule has 0 fully saturated rings. The number of rotatable bonds is 2. The van der Waals surface area contributed by atoms with Crippen LogP contribution in [-0.2, 0) is 0 Å². The highest BCUT2D eigenvalue weighted by Crippen LogP contribution is 2.10. The average Bonchev–Trinajstić information content (AvgIpc) is 2.33. The van der Waals surface area contributed by atoms with Crippen LogP contribution < -0.4 is 0 Å². The third-order valence-electron chi connectivity index (χ3n) is 1.09. The molecule has 0 aliphatic carbocycles. The highest BCUT2D eigenvalue weighted by molar-refractivity contribution is 5.85. The molecule has 0 bridgehead atoms. The standard InChI is InChI=1S/C7H7NO3/c1-4(2)6-8-5(3-11-6)7(9)10/h3H,1H2,2H3,(H,9,10). The van der Waals surface area contributed by atoms with E-state index in [1.165, 1.54) is 0 Å². The molecule has 58 valence electrons. The Kier molecular flexibility index (Phi) is 1.76. The van der Waals surface area contributed by atoms with Crippen molar-refractivity contribution in [1.82, 2.24) is 4.98 Å². The van der Waals surface area contributed by atoms with Gasteiger partial charge in [-0.25, -0.2) is 9.78 Å². The van der Waals surface area contributed by atoms with E-state index in [4.69, 9.17) is 9.52 Å². The number of carboxylic acid groups (broad SMARTS) is 1. The zero-order valence-electron chi connectivity index (χ0n) is 6.00. The van der Waals surface area contributed by atoms with Crippen LogP contribution in [0, 0.1) is 0 Å². The van der Waals surface area contributed by atoms with Gasteiger partial charge in [-0.15, -0.1) is 0 Å². The number of hydrogen-bond donors (Lipinski definition) is 1. The third kappa shape index (κ3) is 1.46. The fourth-order valence-corrected chi connectivity index (χ4v) is 0.568. The van der Waals surface area contributed by atoms with Crippen molar-refractivity contribution < 1.29 is 14.3 Å². The quantitative estimate of drug-likeness (QED) is 0.697. The Labute approximate surface area is 63.2 Å². The van der Waals surface area contributed by atoms with Crippen LogP contribution in [0.3, 0.4) is 0 Å². The van der Waals surface area contributed by atoms with E-state index in [0.717, 1.165) is 6.26 Å². The molecule has 0 saturated carbocycles. The van der Waals surface area contributed by atoms with Crippen LogP contribution in [0.4, 0.5) is 0 Å². The van der Waals surface area contributed by atoms with Crippen molar-refractivity contribution >= 4 is 11.5 Å². The molecular formula is C7H7NO3. The largest absolute Gasteiger partial charge is 0.476 e. The number of nitrogens with zero attached hydrogens (tertiary/aromatic N) is 1. The molecule has 4 nitrogen and oxygen atoms in total. The zero-order chi connectivity index (χ0) is 8.43. The summed E-state index contributed by atoms with van der Waals surface area (Å²) < 4.78 is 4.80. The highest BCUT2D eigenvalue weighted by Gasteiger charge is 2.09. The van der Waals surface area contributed by atoms with Crippen molar-refractivity contribution in [3.05, 3.63) is 24.4 Å². The molecule has 1 N–H and O–H groups in total. The normalized spacial score (nSPS) is 9.55. The zero-order valence-corrected chi connectivity index (χ0v) is 6.00. The van der Waals surface area contributed by atoms with Gasteiger partial charge < -0.3 is 9.52 Å². The van der Waals surface area contributed by atoms with Gasteiger partial charge >= 0.3 is 5.97 Å². The second kappa shape index (κ2) is 2.57. The van der Waals surface area contributed by atoms with Gasteiger partial charge in [-0.1, -0.05) is 6.58 Å². The molecule has 0 radical (unpaired) electrons. The van der Waals surface area contributed by atoms with E-state index < -0.39 is 5.97 Å². The molecule has 0 amide bonds. The van der Waals surface area contributed by atoms with Gasteiger partial charge in [0.05, 0.1) is 0 Å². The molecule has 1 aromatic heterocycles. The Hall–Kier alpha value is -1.58. The maximum absolute atomic E-state index is 10.3. The lowest BCUT2D eigenvalue weighted by molar-refractivity contribution is 0.0690. The summed E-state index contributed by atoms with van der Waals surface area (Å²) >= 11 is 0. The Morgan fingerprint density at radius 2 is 2.45 bits per heavy atom. The monoisotopic (exact) mass is 153 g/mol. The van der Waals surface area contributed by atoms with Crippen LogP contribution >= 0.6 is 0 Å². The fraction of sp³-hybridized carbons (Fsp3) is 0.143. The summed E-state index contributed by atoms with van der Waals surface area (Å²) in [7, 11) is 0. The maximum Gasteiger partial charge on any atom is 0.357 e. The minimum Gasteiger partial charge on any atom is -0.476 e. The molecular weight excluding hydrogens is 146 g/mol. The van der Waals surface area contributed by atoms with Crippen molar-refractivity contribution in [1.29, 1.82) is 0 Å². The third-order valence-corrected chi connectivity index (χ3v) is 1.09. The SMILES string of the molecule is C=C(C)c1nc(C(=O)O)co1. The van der Waals surface area contributed by atoms with E-state index in [-0.39, 0.29) is 11.6 Å². The second-order valence-corrected chi connectivity index (χ2v) is 2.12. The summed E-state index contributed by atoms with van der Waals surface area (Å²) in [6, 6.07) is 0. The molecule has 0 aliphatic rings. The van der Waals surface area contributed by atoms with E-state index in [0.29, 0.717) is 5.57 Å². The predicted octanol–water partition coefficient (Wildman–Crippen LogP) is 1.41. The summed E-state index contributed by atoms with van der Waals surface area (Å²) in [4.78, 5) is 13.9. The second-order valence-electron chi connectivity index (χ2n) is 2.12. The summed E-state index contributed by atoms with van der Waals surface area (Å²) in [5, 5.41) is 8.43. The molecule has 0 aliphatic heterocycles. The van der Waals surface area contributed by atoms with Gasteiger partial charge in [0, 0.05) is 5.57 Å². The first-order valence-corrected chi connectivity index (χ1v) is 2.96. The topological polar surface area (TPSA) is 63.3 Å². The van der Waals surface area contributed by atoms with E-state index in [1.807, 2.05) is 0 Å². The van der Waals surface area contributed by atoms with Crippen molar-refractivity contribution in [2.75, 3.05) is 0 Å². The predicted molar refractivity (Wildman–Crippen MR) is 38.2 cm³/mol. The first-order valence-electron chi connectivity index (χ1n) is 2.96. The van der Waals surface area contributed by atoms with Crippen molar-refractivity contribution in [2.45, 2.75) is 6.92 Å². The Morgan fingerprint density at radius 1 is 1.82 bits per heavy atom. The number of carbonyl (C=O) groups is 1. The van der Waals surface area contributed by atoms with Gasteiger partial charge in [0.1, 0.15) is 6.26 Å². The van der Waals surface area contributed by atoms with Gasteiger partial charge in [-0.05, 0) is 6.92 Å². The van der Waals surface area contributed by atoms with Crippen molar-refractivity contribution in [3.8, 4) is 0 Å². The van der Waals surface area contributed by atoms with E-state index in [2.05, 4.69) is 11.6 Å². The molecule has 1 rings (SSSR count). The molecule has 1 aromatic rings. The van der Waals surface area contributed by atoms with Crippen LogP contribution in [0.25, 0.3) is 5.57 Å². The molecule has 0 saturated heterocycles. The Morgan fingerprint density at radius 3 is 2.73 bits per heavy atom. The number of allylic oxidation sites excluding steroid dienone is 1. The first-order chi connectivity index (χ1) is 5.11. The fourth-order valence-electron chi connectivity index (χ4n) is 0.568. The lowest BCUT2D eigenvalue weighted by atomic mass is 10.3. The van der Waals surface area contributed by atoms with E-state index in [9.17, 15) is 4.79 Å². The minimum atomic E-state index is -1.10. The van der Waals surface area contributed by atoms with Crippen molar-refractivity contribution in [3.63, 3.8) is 0 Å². The number of oxazole rings is 1. The van der Waals surface area contributed by atoms with Crippen LogP contribution in [0.5, 0.6) is 0 Å². The van der Waals surface area contributed by atoms with Gasteiger partial charge in [0.2, 0.25) is 5.89 Å². The van der Waals surface area contributed by atoms with Crippen LogP contribution in [0.15, 0.2) is 17.3 Å². The number of aromatic carboxylic acids is 1. The van der Waals surface area contributed by atoms with Gasteiger partial charge in [0.25, 0.3) is 0 Å². The van der Waals surface area contributed by atoms with Crippen LogP contribution in [-0.4, -0.2) is 16.1 Å². The molecule has 0 unspecified atom stereocenters. The van der Waals surface area contributed by atoms with Gasteiger partial charge in [-0.2, -0.15) is 0 Å². The average molecular weight is 153 g/mol. The Balaban J connectivity index is 2.99.